The van der Waals surface area contributed by atoms with Gasteiger partial charge in [-0.2, -0.15) is 10.2 Å². The van der Waals surface area contributed by atoms with Gasteiger partial charge in [0.1, 0.15) is 0 Å². The minimum Gasteiger partial charge on any atom is -0.363 e. The Kier molecular flexibility index (Phi) is 6.46. The molecule has 0 amide bonds. The Morgan fingerprint density at radius 3 is 1.79 bits per heavy atom. The Balaban J connectivity index is 0.000000147. The predicted octanol–water partition coefficient (Wildman–Crippen LogP) is 6.54. The van der Waals surface area contributed by atoms with Crippen molar-refractivity contribution in [1.29, 1.82) is 0 Å². The van der Waals surface area contributed by atoms with Crippen molar-refractivity contribution in [3.8, 4) is 11.3 Å². The second-order valence-corrected chi connectivity index (χ2v) is 12.0. The lowest BCUT2D eigenvalue weighted by Crippen LogP contribution is -2.38. The summed E-state index contributed by atoms with van der Waals surface area (Å²) in [5, 5.41) is 9.43. The molecule has 1 aromatic carbocycles. The summed E-state index contributed by atoms with van der Waals surface area (Å²) in [6.07, 6.45) is 12.2. The molecule has 0 N–H and O–H groups in total. The van der Waals surface area contributed by atoms with E-state index in [1.807, 2.05) is 35.2 Å². The van der Waals surface area contributed by atoms with Crippen LogP contribution in [0.1, 0.15) is 53.4 Å². The lowest BCUT2D eigenvalue weighted by molar-refractivity contribution is 0.518. The molecule has 5 aromatic rings. The van der Waals surface area contributed by atoms with Gasteiger partial charge in [0.25, 0.3) is 0 Å². The maximum Gasteiger partial charge on any atom is 0.177 e. The zero-order chi connectivity index (χ0) is 27.2. The molecule has 0 atom stereocenters. The van der Waals surface area contributed by atoms with E-state index in [1.165, 1.54) is 31.4 Å². The number of nitrogens with zero attached hydrogens (tertiary/aromatic N) is 8. The first-order chi connectivity index (χ1) is 18.7. The van der Waals surface area contributed by atoms with Gasteiger partial charge in [0.2, 0.25) is 0 Å². The first kappa shape index (κ1) is 25.6. The smallest absolute Gasteiger partial charge is 0.177 e. The number of imidazole rings is 2. The van der Waals surface area contributed by atoms with Crippen LogP contribution in [0.15, 0.2) is 67.3 Å². The van der Waals surface area contributed by atoms with E-state index in [4.69, 9.17) is 16.7 Å². The van der Waals surface area contributed by atoms with Crippen LogP contribution in [-0.4, -0.2) is 53.4 Å². The van der Waals surface area contributed by atoms with Crippen molar-refractivity contribution in [3.63, 3.8) is 0 Å². The molecular formula is C30H35ClN8. The topological polar surface area (TPSA) is 66.9 Å². The van der Waals surface area contributed by atoms with Crippen molar-refractivity contribution in [2.45, 2.75) is 64.5 Å². The third kappa shape index (κ3) is 4.82. The molecule has 2 aliphatic heterocycles. The van der Waals surface area contributed by atoms with E-state index in [-0.39, 0.29) is 11.1 Å². The molecule has 0 spiro atoms. The van der Waals surface area contributed by atoms with Crippen LogP contribution in [0.25, 0.3) is 22.6 Å². The number of aromatic nitrogens is 6. The van der Waals surface area contributed by atoms with Gasteiger partial charge in [-0.3, -0.25) is 0 Å². The van der Waals surface area contributed by atoms with Crippen LogP contribution in [0.4, 0.5) is 11.4 Å². The average molecular weight is 543 g/mol. The van der Waals surface area contributed by atoms with Crippen LogP contribution in [0.3, 0.4) is 0 Å². The van der Waals surface area contributed by atoms with Gasteiger partial charge in [-0.15, -0.1) is 0 Å². The van der Waals surface area contributed by atoms with E-state index in [2.05, 4.69) is 82.9 Å². The SMILES string of the molecule is CC1(C)CCCN1c1cc(-c2ccccc2)nn2ccnc12.CC1(C)CCCN1c1cc(Cl)nn2ccnc12. The predicted molar refractivity (Wildman–Crippen MR) is 158 cm³/mol. The van der Waals surface area contributed by atoms with Gasteiger partial charge in [-0.05, 0) is 59.4 Å². The molecule has 202 valence electrons. The minimum absolute atomic E-state index is 0.164. The first-order valence-electron chi connectivity index (χ1n) is 13.7. The van der Waals surface area contributed by atoms with Crippen molar-refractivity contribution < 1.29 is 0 Å². The number of halogens is 1. The molecule has 0 saturated carbocycles. The van der Waals surface area contributed by atoms with Crippen LogP contribution < -0.4 is 9.80 Å². The summed E-state index contributed by atoms with van der Waals surface area (Å²) in [4.78, 5) is 13.7. The molecule has 8 nitrogen and oxygen atoms in total. The van der Waals surface area contributed by atoms with Crippen molar-refractivity contribution in [2.75, 3.05) is 22.9 Å². The fraction of sp³-hybridized carbons (Fsp3) is 0.400. The van der Waals surface area contributed by atoms with Crippen LogP contribution in [0, 0.1) is 0 Å². The summed E-state index contributed by atoms with van der Waals surface area (Å²) in [5.41, 5.74) is 6.54. The number of fused-ring (bicyclic) bond motifs is 2. The maximum absolute atomic E-state index is 6.07. The molecule has 2 aliphatic rings. The monoisotopic (exact) mass is 542 g/mol. The summed E-state index contributed by atoms with van der Waals surface area (Å²) in [6, 6.07) is 14.4. The van der Waals surface area contributed by atoms with E-state index in [9.17, 15) is 0 Å². The van der Waals surface area contributed by atoms with E-state index < -0.39 is 0 Å². The number of hydrogen-bond acceptors (Lipinski definition) is 6. The third-order valence-corrected chi connectivity index (χ3v) is 8.29. The molecule has 7 rings (SSSR count). The highest BCUT2D eigenvalue weighted by Crippen LogP contribution is 2.37. The zero-order valence-electron chi connectivity index (χ0n) is 23.0. The molecular weight excluding hydrogens is 508 g/mol. The second kappa shape index (κ2) is 9.83. The summed E-state index contributed by atoms with van der Waals surface area (Å²) in [7, 11) is 0. The molecule has 0 radical (unpaired) electrons. The van der Waals surface area contributed by atoms with Gasteiger partial charge in [-0.25, -0.2) is 19.0 Å². The molecule has 0 unspecified atom stereocenters. The minimum atomic E-state index is 0.164. The molecule has 2 fully saturated rings. The maximum atomic E-state index is 6.07. The van der Waals surface area contributed by atoms with Gasteiger partial charge in [0.05, 0.1) is 17.1 Å². The normalized spacial score (nSPS) is 18.1. The van der Waals surface area contributed by atoms with E-state index in [0.717, 1.165) is 41.3 Å². The molecule has 6 heterocycles. The van der Waals surface area contributed by atoms with Crippen LogP contribution in [0.5, 0.6) is 0 Å². The van der Waals surface area contributed by atoms with Crippen LogP contribution in [0.2, 0.25) is 5.15 Å². The fourth-order valence-corrected chi connectivity index (χ4v) is 6.21. The Morgan fingerprint density at radius 2 is 1.26 bits per heavy atom. The number of rotatable bonds is 3. The fourth-order valence-electron chi connectivity index (χ4n) is 6.03. The standard InChI is InChI=1S/C18H20N4.C12H15ClN4/c1-18(2)9-6-11-21(18)16-13-15(14-7-4-3-5-8-14)20-22-12-10-19-17(16)22;1-12(2)4-3-6-16(12)9-8-10(13)15-17-7-5-14-11(9)17/h3-5,7-8,10,12-13H,6,9,11H2,1-2H3;5,7-8H,3-4,6H2,1-2H3. The number of hydrogen-bond donors (Lipinski definition) is 0. The first-order valence-corrected chi connectivity index (χ1v) is 14.1. The Bertz CT molecular complexity index is 1600. The lowest BCUT2D eigenvalue weighted by Gasteiger charge is -2.33. The van der Waals surface area contributed by atoms with Gasteiger partial charge >= 0.3 is 0 Å². The Labute approximate surface area is 234 Å². The van der Waals surface area contributed by atoms with Crippen molar-refractivity contribution in [1.82, 2.24) is 29.2 Å². The highest BCUT2D eigenvalue weighted by Gasteiger charge is 2.34. The van der Waals surface area contributed by atoms with Gasteiger partial charge < -0.3 is 9.80 Å². The van der Waals surface area contributed by atoms with Gasteiger partial charge in [-0.1, -0.05) is 41.9 Å². The highest BCUT2D eigenvalue weighted by atomic mass is 35.5. The number of benzene rings is 1. The molecule has 4 aromatic heterocycles. The number of anilines is 2. The molecule has 2 saturated heterocycles. The quantitative estimate of drug-likeness (QED) is 0.258. The van der Waals surface area contributed by atoms with E-state index in [1.54, 1.807) is 10.7 Å². The van der Waals surface area contributed by atoms with Gasteiger partial charge in [0.15, 0.2) is 16.4 Å². The van der Waals surface area contributed by atoms with Crippen LogP contribution in [-0.2, 0) is 0 Å². The van der Waals surface area contributed by atoms with Crippen molar-refractivity contribution in [2.24, 2.45) is 0 Å². The summed E-state index contributed by atoms with van der Waals surface area (Å²) >= 11 is 6.07. The third-order valence-electron chi connectivity index (χ3n) is 8.10. The van der Waals surface area contributed by atoms with Crippen molar-refractivity contribution in [3.05, 3.63) is 72.4 Å². The molecule has 9 heteroatoms. The molecule has 0 bridgehead atoms. The second-order valence-electron chi connectivity index (χ2n) is 11.7. The largest absolute Gasteiger partial charge is 0.363 e. The molecule has 39 heavy (non-hydrogen) atoms. The zero-order valence-corrected chi connectivity index (χ0v) is 23.8. The average Bonchev–Trinajstić information content (AvgIpc) is 3.70. The summed E-state index contributed by atoms with van der Waals surface area (Å²) in [6.45, 7) is 11.3. The lowest BCUT2D eigenvalue weighted by atomic mass is 10.0. The van der Waals surface area contributed by atoms with E-state index in [0.29, 0.717) is 5.15 Å². The van der Waals surface area contributed by atoms with Crippen LogP contribution >= 0.6 is 11.6 Å². The Morgan fingerprint density at radius 1 is 0.718 bits per heavy atom. The molecule has 0 aliphatic carbocycles. The summed E-state index contributed by atoms with van der Waals surface area (Å²) < 4.78 is 3.64. The van der Waals surface area contributed by atoms with Crippen molar-refractivity contribution >= 4 is 34.3 Å². The van der Waals surface area contributed by atoms with Gasteiger partial charge in [0, 0.05) is 60.6 Å². The summed E-state index contributed by atoms with van der Waals surface area (Å²) in [5.74, 6) is 0. The highest BCUT2D eigenvalue weighted by molar-refractivity contribution is 6.29. The van der Waals surface area contributed by atoms with E-state index >= 15 is 0 Å². The Hall–Kier alpha value is -3.65.